The maximum Gasteiger partial charge on any atom is 0.416 e. The van der Waals surface area contributed by atoms with Gasteiger partial charge in [0.25, 0.3) is 11.8 Å². The van der Waals surface area contributed by atoms with Gasteiger partial charge in [-0.05, 0) is 31.0 Å². The van der Waals surface area contributed by atoms with Crippen molar-refractivity contribution in [2.75, 3.05) is 37.4 Å². The van der Waals surface area contributed by atoms with Gasteiger partial charge in [-0.2, -0.15) is 18.2 Å². The lowest BCUT2D eigenvalue weighted by Gasteiger charge is -2.31. The second kappa shape index (κ2) is 8.99. The Morgan fingerprint density at radius 3 is 2.56 bits per heavy atom. The number of alkyl halides is 3. The van der Waals surface area contributed by atoms with Gasteiger partial charge in [0.2, 0.25) is 5.95 Å². The fourth-order valence-electron chi connectivity index (χ4n) is 3.37. The lowest BCUT2D eigenvalue weighted by molar-refractivity contribution is -0.137. The molecule has 1 atom stereocenters. The molecule has 2 amide bonds. The molecule has 1 unspecified atom stereocenters. The fourth-order valence-corrected chi connectivity index (χ4v) is 3.37. The minimum atomic E-state index is -4.69. The molecule has 3 rings (SSSR count). The van der Waals surface area contributed by atoms with E-state index in [1.54, 1.807) is 0 Å². The Morgan fingerprint density at radius 1 is 1.25 bits per heavy atom. The lowest BCUT2D eigenvalue weighted by atomic mass is 10.1. The molecule has 0 spiro atoms. The Kier molecular flexibility index (Phi) is 6.53. The van der Waals surface area contributed by atoms with E-state index in [4.69, 9.17) is 11.5 Å². The summed E-state index contributed by atoms with van der Waals surface area (Å²) in [6, 6.07) is 2.78. The first-order chi connectivity index (χ1) is 15.0. The average Bonchev–Trinajstić information content (AvgIpc) is 2.72. The molecule has 1 aliphatic rings. The maximum atomic E-state index is 13.4. The summed E-state index contributed by atoms with van der Waals surface area (Å²) in [5.41, 5.74) is 10.0. The molecule has 1 aliphatic heterocycles. The van der Waals surface area contributed by atoms with E-state index in [2.05, 4.69) is 15.3 Å². The van der Waals surface area contributed by atoms with Crippen LogP contribution in [0.25, 0.3) is 0 Å². The molecule has 0 radical (unpaired) electrons. The van der Waals surface area contributed by atoms with Crippen molar-refractivity contribution in [3.8, 4) is 0 Å². The standard InChI is InChI=1S/C20H24F3N7O2/c1-29(2)18(32)11-6-12(20(21,22)23)8-14(7-11)27-17-15(16(25)31)9-26-19(28-17)30-5-3-4-13(24)10-30/h6-9,13H,3-5,10,24H2,1-2H3,(H2,25,31)(H,26,27,28). The van der Waals surface area contributed by atoms with Gasteiger partial charge in [-0.1, -0.05) is 0 Å². The molecule has 32 heavy (non-hydrogen) atoms. The van der Waals surface area contributed by atoms with E-state index in [-0.39, 0.29) is 34.6 Å². The number of hydrogen-bond donors (Lipinski definition) is 3. The fraction of sp³-hybridized carbons (Fsp3) is 0.400. The van der Waals surface area contributed by atoms with E-state index in [1.807, 2.05) is 4.90 Å². The van der Waals surface area contributed by atoms with E-state index in [1.165, 1.54) is 26.4 Å². The minimum Gasteiger partial charge on any atom is -0.365 e. The van der Waals surface area contributed by atoms with Crippen LogP contribution in [-0.4, -0.2) is 59.9 Å². The van der Waals surface area contributed by atoms with Crippen LogP contribution in [0.2, 0.25) is 0 Å². The van der Waals surface area contributed by atoms with Crippen LogP contribution in [0.15, 0.2) is 24.4 Å². The summed E-state index contributed by atoms with van der Waals surface area (Å²) in [4.78, 5) is 35.7. The number of hydrogen-bond acceptors (Lipinski definition) is 7. The first kappa shape index (κ1) is 23.3. The van der Waals surface area contributed by atoms with E-state index in [0.29, 0.717) is 13.1 Å². The number of rotatable bonds is 5. The molecule has 5 N–H and O–H groups in total. The van der Waals surface area contributed by atoms with Crippen molar-refractivity contribution in [1.29, 1.82) is 0 Å². The van der Waals surface area contributed by atoms with Crippen LogP contribution in [0.5, 0.6) is 0 Å². The van der Waals surface area contributed by atoms with Crippen LogP contribution in [0.1, 0.15) is 39.1 Å². The molecule has 0 saturated carbocycles. The smallest absolute Gasteiger partial charge is 0.365 e. The van der Waals surface area contributed by atoms with Crippen molar-refractivity contribution >= 4 is 29.3 Å². The van der Waals surface area contributed by atoms with Crippen LogP contribution in [0.3, 0.4) is 0 Å². The summed E-state index contributed by atoms with van der Waals surface area (Å²) in [7, 11) is 2.86. The summed E-state index contributed by atoms with van der Waals surface area (Å²) in [5, 5.41) is 2.71. The first-order valence-electron chi connectivity index (χ1n) is 9.84. The number of halogens is 3. The Morgan fingerprint density at radius 2 is 1.97 bits per heavy atom. The summed E-state index contributed by atoms with van der Waals surface area (Å²) in [6.07, 6.45) is -1.79. The Bertz CT molecular complexity index is 1030. The van der Waals surface area contributed by atoms with E-state index in [9.17, 15) is 22.8 Å². The van der Waals surface area contributed by atoms with E-state index < -0.39 is 23.6 Å². The number of carbonyl (C=O) groups excluding carboxylic acids is 2. The molecule has 1 aromatic carbocycles. The summed E-state index contributed by atoms with van der Waals surface area (Å²) in [5.74, 6) is -1.26. The molecule has 1 saturated heterocycles. The topological polar surface area (TPSA) is 130 Å². The summed E-state index contributed by atoms with van der Waals surface area (Å²) < 4.78 is 40.3. The number of nitrogens with one attached hydrogen (secondary N) is 1. The normalized spacial score (nSPS) is 16.6. The van der Waals surface area contributed by atoms with Gasteiger partial charge < -0.3 is 26.6 Å². The quantitative estimate of drug-likeness (QED) is 0.634. The summed E-state index contributed by atoms with van der Waals surface area (Å²) in [6.45, 7) is 1.15. The second-order valence-electron chi connectivity index (χ2n) is 7.77. The molecule has 1 aromatic heterocycles. The Hall–Kier alpha value is -3.41. The zero-order chi connectivity index (χ0) is 23.6. The lowest BCUT2D eigenvalue weighted by Crippen LogP contribution is -2.43. The number of primary amides is 1. The molecular formula is C20H24F3N7O2. The zero-order valence-electron chi connectivity index (χ0n) is 17.6. The maximum absolute atomic E-state index is 13.4. The predicted octanol–water partition coefficient (Wildman–Crippen LogP) is 1.97. The van der Waals surface area contributed by atoms with Crippen molar-refractivity contribution in [3.63, 3.8) is 0 Å². The molecule has 2 aromatic rings. The third-order valence-corrected chi connectivity index (χ3v) is 4.96. The molecule has 9 nitrogen and oxygen atoms in total. The van der Waals surface area contributed by atoms with Crippen molar-refractivity contribution in [2.24, 2.45) is 11.5 Å². The van der Waals surface area contributed by atoms with Gasteiger partial charge in [-0.15, -0.1) is 0 Å². The number of amides is 2. The number of carbonyl (C=O) groups is 2. The van der Waals surface area contributed by atoms with Gasteiger partial charge >= 0.3 is 6.18 Å². The van der Waals surface area contributed by atoms with Gasteiger partial charge in [0.05, 0.1) is 5.56 Å². The number of nitrogens with zero attached hydrogens (tertiary/aromatic N) is 4. The SMILES string of the molecule is CN(C)C(=O)c1cc(Nc2nc(N3CCCC(N)C3)ncc2C(N)=O)cc(C(F)(F)F)c1. The monoisotopic (exact) mass is 451 g/mol. The van der Waals surface area contributed by atoms with Crippen molar-refractivity contribution < 1.29 is 22.8 Å². The van der Waals surface area contributed by atoms with Crippen LogP contribution in [-0.2, 0) is 6.18 Å². The van der Waals surface area contributed by atoms with Crippen LogP contribution >= 0.6 is 0 Å². The van der Waals surface area contributed by atoms with Crippen molar-refractivity contribution in [2.45, 2.75) is 25.1 Å². The molecule has 12 heteroatoms. The molecule has 1 fully saturated rings. The molecule has 0 aliphatic carbocycles. The Balaban J connectivity index is 2.04. The number of nitrogens with two attached hydrogens (primary N) is 2. The third-order valence-electron chi connectivity index (χ3n) is 4.96. The van der Waals surface area contributed by atoms with Crippen LogP contribution in [0.4, 0.5) is 30.6 Å². The Labute approximate surface area is 182 Å². The number of piperidine rings is 1. The highest BCUT2D eigenvalue weighted by Gasteiger charge is 2.32. The zero-order valence-corrected chi connectivity index (χ0v) is 17.6. The first-order valence-corrected chi connectivity index (χ1v) is 9.84. The minimum absolute atomic E-state index is 0.0655. The predicted molar refractivity (Wildman–Crippen MR) is 113 cm³/mol. The van der Waals surface area contributed by atoms with Gasteiger partial charge in [-0.3, -0.25) is 9.59 Å². The van der Waals surface area contributed by atoms with E-state index >= 15 is 0 Å². The number of benzene rings is 1. The van der Waals surface area contributed by atoms with Gasteiger partial charge in [-0.25, -0.2) is 4.98 Å². The molecule has 172 valence electrons. The van der Waals surface area contributed by atoms with E-state index in [0.717, 1.165) is 29.9 Å². The van der Waals surface area contributed by atoms with Gasteiger partial charge in [0.15, 0.2) is 0 Å². The highest BCUT2D eigenvalue weighted by molar-refractivity contribution is 5.99. The van der Waals surface area contributed by atoms with Gasteiger partial charge in [0, 0.05) is 50.7 Å². The highest BCUT2D eigenvalue weighted by Crippen LogP contribution is 2.33. The summed E-state index contributed by atoms with van der Waals surface area (Å²) >= 11 is 0. The average molecular weight is 451 g/mol. The largest absolute Gasteiger partial charge is 0.416 e. The molecule has 0 bridgehead atoms. The number of aromatic nitrogens is 2. The molecular weight excluding hydrogens is 427 g/mol. The van der Waals surface area contributed by atoms with Gasteiger partial charge in [0.1, 0.15) is 11.4 Å². The molecule has 2 heterocycles. The number of anilines is 3. The van der Waals surface area contributed by atoms with Crippen molar-refractivity contribution in [3.05, 3.63) is 41.1 Å². The highest BCUT2D eigenvalue weighted by atomic mass is 19.4. The third kappa shape index (κ3) is 5.25. The van der Waals surface area contributed by atoms with Crippen LogP contribution in [0, 0.1) is 0 Å². The van der Waals surface area contributed by atoms with Crippen LogP contribution < -0.4 is 21.7 Å². The van der Waals surface area contributed by atoms with Crippen molar-refractivity contribution in [1.82, 2.24) is 14.9 Å². The second-order valence-corrected chi connectivity index (χ2v) is 7.77.